The number of carbonyl (C=O) groups excluding carboxylic acids is 1. The number of anilines is 2. The Morgan fingerprint density at radius 3 is 2.52 bits per heavy atom. The molecule has 0 saturated carbocycles. The Morgan fingerprint density at radius 1 is 1.14 bits per heavy atom. The highest BCUT2D eigenvalue weighted by atomic mass is 32.2. The zero-order valence-corrected chi connectivity index (χ0v) is 24.6. The fraction of sp³-hybridized carbons (Fsp3) is 0.367. The van der Waals surface area contributed by atoms with Crippen molar-refractivity contribution in [3.63, 3.8) is 0 Å². The molecule has 0 bridgehead atoms. The van der Waals surface area contributed by atoms with Crippen molar-refractivity contribution >= 4 is 32.9 Å². The Bertz CT molecular complexity index is 1570. The van der Waals surface area contributed by atoms with E-state index in [0.717, 1.165) is 18.4 Å². The number of nitrogens with zero attached hydrogens (tertiary/aromatic N) is 1. The van der Waals surface area contributed by atoms with E-state index in [2.05, 4.69) is 10.0 Å². The Kier molecular flexibility index (Phi) is 10.0. The lowest BCUT2D eigenvalue weighted by Crippen LogP contribution is -2.43. The fourth-order valence-electron chi connectivity index (χ4n) is 4.86. The molecule has 8 nitrogen and oxygen atoms in total. The summed E-state index contributed by atoms with van der Waals surface area (Å²) in [5.41, 5.74) is 0.326. The number of benzene rings is 2. The number of amides is 1. The lowest BCUT2D eigenvalue weighted by molar-refractivity contribution is -0.137. The quantitative estimate of drug-likeness (QED) is 0.124. The zero-order chi connectivity index (χ0) is 32.1. The summed E-state index contributed by atoms with van der Waals surface area (Å²) in [7, 11) is -3.73. The molecule has 0 aromatic heterocycles. The molecule has 3 N–H and O–H groups in total. The van der Waals surface area contributed by atoms with Crippen LogP contribution < -0.4 is 10.0 Å². The number of phenols is 1. The first-order chi connectivity index (χ1) is 20.6. The van der Waals surface area contributed by atoms with Crippen LogP contribution in [0.4, 0.5) is 33.3 Å². The molecule has 0 spiro atoms. The first-order valence-corrected chi connectivity index (χ1v) is 15.6. The highest BCUT2D eigenvalue weighted by Crippen LogP contribution is 2.33. The van der Waals surface area contributed by atoms with Gasteiger partial charge < -0.3 is 15.2 Å². The van der Waals surface area contributed by atoms with Crippen LogP contribution in [-0.4, -0.2) is 62.8 Å². The molecule has 1 saturated heterocycles. The molecular formula is C30H32F5N3O5S. The summed E-state index contributed by atoms with van der Waals surface area (Å²) in [5, 5.41) is 12.6. The number of halogens is 5. The minimum Gasteiger partial charge on any atom is -0.506 e. The molecule has 0 radical (unpaired) electrons. The molecule has 1 fully saturated rings. The zero-order valence-electron chi connectivity index (χ0n) is 23.8. The number of sulfonamides is 1. The molecule has 0 atom stereocenters. The van der Waals surface area contributed by atoms with Crippen molar-refractivity contribution < 1.29 is 45.0 Å². The summed E-state index contributed by atoms with van der Waals surface area (Å²) in [6.45, 7) is 0.613. The van der Waals surface area contributed by atoms with Crippen LogP contribution in [0.3, 0.4) is 0 Å². The van der Waals surface area contributed by atoms with E-state index in [-0.39, 0.29) is 54.4 Å². The summed E-state index contributed by atoms with van der Waals surface area (Å²) in [4.78, 5) is 15.1. The third-order valence-electron chi connectivity index (χ3n) is 6.92. The van der Waals surface area contributed by atoms with Gasteiger partial charge in [-0.2, -0.15) is 13.2 Å². The van der Waals surface area contributed by atoms with Gasteiger partial charge in [0.05, 0.1) is 36.2 Å². The van der Waals surface area contributed by atoms with Crippen molar-refractivity contribution in [2.75, 3.05) is 42.5 Å². The van der Waals surface area contributed by atoms with Gasteiger partial charge in [-0.05, 0) is 79.4 Å². The maximum atomic E-state index is 13.8. The minimum atomic E-state index is -4.50. The Hall–Kier alpha value is -3.91. The smallest absolute Gasteiger partial charge is 0.416 e. The van der Waals surface area contributed by atoms with E-state index in [0.29, 0.717) is 37.1 Å². The maximum Gasteiger partial charge on any atom is 0.416 e. The molecule has 44 heavy (non-hydrogen) atoms. The van der Waals surface area contributed by atoms with Crippen LogP contribution >= 0.6 is 0 Å². The van der Waals surface area contributed by atoms with Crippen molar-refractivity contribution in [1.82, 2.24) is 4.90 Å². The molecule has 1 aliphatic heterocycles. The molecule has 1 aliphatic carbocycles. The average Bonchev–Trinajstić information content (AvgIpc) is 3.14. The van der Waals surface area contributed by atoms with Gasteiger partial charge in [-0.25, -0.2) is 17.2 Å². The van der Waals surface area contributed by atoms with Gasteiger partial charge in [-0.15, -0.1) is 0 Å². The van der Waals surface area contributed by atoms with Crippen LogP contribution in [0.2, 0.25) is 0 Å². The van der Waals surface area contributed by atoms with E-state index in [9.17, 15) is 40.3 Å². The number of rotatable bonds is 10. The van der Waals surface area contributed by atoms with E-state index in [1.165, 1.54) is 36.4 Å². The third kappa shape index (κ3) is 9.29. The number of carbonyl (C=O) groups is 1. The van der Waals surface area contributed by atoms with Crippen molar-refractivity contribution in [1.29, 1.82) is 0 Å². The Morgan fingerprint density at radius 2 is 1.86 bits per heavy atom. The van der Waals surface area contributed by atoms with Crippen LogP contribution in [0.25, 0.3) is 5.57 Å². The Labute approximate surface area is 251 Å². The van der Waals surface area contributed by atoms with E-state index >= 15 is 0 Å². The predicted molar refractivity (Wildman–Crippen MR) is 157 cm³/mol. The van der Waals surface area contributed by atoms with Crippen molar-refractivity contribution in [2.45, 2.75) is 37.8 Å². The molecule has 4 rings (SSSR count). The first-order valence-electron chi connectivity index (χ1n) is 13.7. The Balaban J connectivity index is 1.58. The van der Waals surface area contributed by atoms with E-state index in [4.69, 9.17) is 4.74 Å². The van der Waals surface area contributed by atoms with Crippen LogP contribution in [0, 0.1) is 0 Å². The summed E-state index contributed by atoms with van der Waals surface area (Å²) in [5.74, 6) is -3.64. The third-order valence-corrected chi connectivity index (χ3v) is 7.51. The lowest BCUT2D eigenvalue weighted by Gasteiger charge is -2.32. The number of hydrogen-bond donors (Lipinski definition) is 3. The second kappa shape index (κ2) is 13.4. The predicted octanol–water partition coefficient (Wildman–Crippen LogP) is 6.16. The number of aromatic hydroxyl groups is 1. The van der Waals surface area contributed by atoms with E-state index in [1.807, 2.05) is 0 Å². The number of nitrogens with one attached hydrogen (secondary N) is 2. The molecule has 0 unspecified atom stereocenters. The van der Waals surface area contributed by atoms with Crippen molar-refractivity contribution in [3.8, 4) is 5.75 Å². The van der Waals surface area contributed by atoms with Gasteiger partial charge in [0.1, 0.15) is 11.5 Å². The molecule has 2 aliphatic rings. The van der Waals surface area contributed by atoms with Crippen LogP contribution in [0.1, 0.15) is 36.8 Å². The highest BCUT2D eigenvalue weighted by Gasteiger charge is 2.34. The van der Waals surface area contributed by atoms with E-state index in [1.54, 1.807) is 17.1 Å². The molecule has 1 amide bonds. The number of alkyl halides is 5. The number of allylic oxidation sites excluding steroid dienone is 3. The number of ether oxygens (including phenoxy) is 1. The van der Waals surface area contributed by atoms with Gasteiger partial charge >= 0.3 is 6.18 Å². The fourth-order valence-corrected chi connectivity index (χ4v) is 5.43. The van der Waals surface area contributed by atoms with Crippen molar-refractivity contribution in [2.24, 2.45) is 0 Å². The van der Waals surface area contributed by atoms with Crippen LogP contribution in [0.15, 0.2) is 72.0 Å². The van der Waals surface area contributed by atoms with Crippen molar-refractivity contribution in [3.05, 3.63) is 83.2 Å². The monoisotopic (exact) mass is 641 g/mol. The minimum absolute atomic E-state index is 0.0699. The summed E-state index contributed by atoms with van der Waals surface area (Å²) < 4.78 is 98.3. The largest absolute Gasteiger partial charge is 0.506 e. The molecular weight excluding hydrogens is 609 g/mol. The van der Waals surface area contributed by atoms with Gasteiger partial charge in [0.25, 0.3) is 11.8 Å². The lowest BCUT2D eigenvalue weighted by atomic mass is 10.0. The van der Waals surface area contributed by atoms with Gasteiger partial charge in [0, 0.05) is 18.7 Å². The second-order valence-corrected chi connectivity index (χ2v) is 12.4. The summed E-state index contributed by atoms with van der Waals surface area (Å²) >= 11 is 0. The average molecular weight is 642 g/mol. The van der Waals surface area contributed by atoms with Gasteiger partial charge in [-0.1, -0.05) is 18.2 Å². The normalized spacial score (nSPS) is 17.5. The highest BCUT2D eigenvalue weighted by molar-refractivity contribution is 7.92. The second-order valence-electron chi connectivity index (χ2n) is 10.6. The van der Waals surface area contributed by atoms with Crippen LogP contribution in [-0.2, 0) is 25.7 Å². The molecule has 2 aromatic rings. The number of piperidine rings is 1. The molecule has 2 aromatic carbocycles. The van der Waals surface area contributed by atoms with Gasteiger partial charge in [0.15, 0.2) is 0 Å². The molecule has 238 valence electrons. The van der Waals surface area contributed by atoms with Crippen LogP contribution in [0.5, 0.6) is 5.75 Å². The SMILES string of the molecule is CS(=O)(=O)Nc1cc(NC(=O)C2=C(OCCCN3CCCC(F)(F)C3)C=C(c3ccc(C(F)(F)F)cc3)CC=C2)ccc1O. The maximum absolute atomic E-state index is 13.8. The number of phenolic OH excluding ortho intramolecular Hbond substituents is 1. The van der Waals surface area contributed by atoms with Gasteiger partial charge in [0.2, 0.25) is 10.0 Å². The van der Waals surface area contributed by atoms with Gasteiger partial charge in [-0.3, -0.25) is 14.4 Å². The summed E-state index contributed by atoms with van der Waals surface area (Å²) in [6, 6.07) is 8.37. The molecule has 1 heterocycles. The number of likely N-dealkylation sites (tertiary alicyclic amines) is 1. The number of hydrogen-bond acceptors (Lipinski definition) is 6. The molecule has 14 heteroatoms. The topological polar surface area (TPSA) is 108 Å². The standard InChI is InChI=1S/C30H32F5N3O5S/c1-44(41,42)37-25-18-23(11-12-26(25)39)36-28(40)24-6-2-5-21(20-7-9-22(10-8-20)30(33,34)35)17-27(24)43-16-4-15-38-14-3-13-29(31,32)19-38/h2,6-12,17-18,37,39H,3-5,13-16,19H2,1H3,(H,36,40). The summed E-state index contributed by atoms with van der Waals surface area (Å²) in [6.07, 6.45) is 1.98. The first kappa shape index (κ1) is 33.0. The van der Waals surface area contributed by atoms with E-state index < -0.39 is 33.6 Å².